The van der Waals surface area contributed by atoms with E-state index in [1.54, 1.807) is 25.2 Å². The van der Waals surface area contributed by atoms with Crippen LogP contribution in [0, 0.1) is 17.3 Å². The van der Waals surface area contributed by atoms with Gasteiger partial charge in [0.2, 0.25) is 0 Å². The van der Waals surface area contributed by atoms with Gasteiger partial charge in [-0.1, -0.05) is 25.2 Å². The third-order valence-electron chi connectivity index (χ3n) is 7.70. The molecule has 0 aromatic rings. The van der Waals surface area contributed by atoms with Gasteiger partial charge in [-0.05, 0) is 37.5 Å². The lowest BCUT2D eigenvalue weighted by atomic mass is 9.55. The van der Waals surface area contributed by atoms with Gasteiger partial charge in [0, 0.05) is 33.8 Å². The van der Waals surface area contributed by atoms with E-state index in [0.717, 1.165) is 0 Å². The molecule has 37 heavy (non-hydrogen) atoms. The van der Waals surface area contributed by atoms with Crippen LogP contribution in [0.4, 0.5) is 0 Å². The van der Waals surface area contributed by atoms with Crippen molar-refractivity contribution in [1.82, 2.24) is 0 Å². The molecule has 0 bridgehead atoms. The Kier molecular flexibility index (Phi) is 8.34. The van der Waals surface area contributed by atoms with E-state index < -0.39 is 71.1 Å². The van der Waals surface area contributed by atoms with Crippen molar-refractivity contribution in [3.8, 4) is 0 Å². The van der Waals surface area contributed by atoms with Gasteiger partial charge in [0.25, 0.3) is 0 Å². The molecule has 1 saturated carbocycles. The summed E-state index contributed by atoms with van der Waals surface area (Å²) < 4.78 is 28.2. The van der Waals surface area contributed by atoms with Crippen LogP contribution >= 0.6 is 0 Å². The largest absolute Gasteiger partial charge is 0.462 e. The van der Waals surface area contributed by atoms with E-state index in [1.807, 2.05) is 0 Å². The zero-order valence-corrected chi connectivity index (χ0v) is 22.1. The zero-order valence-electron chi connectivity index (χ0n) is 22.1. The second kappa shape index (κ2) is 10.8. The first-order chi connectivity index (χ1) is 17.3. The summed E-state index contributed by atoms with van der Waals surface area (Å²) in [5.41, 5.74) is -2.18. The molecule has 2 fully saturated rings. The van der Waals surface area contributed by atoms with Crippen molar-refractivity contribution in [3.05, 3.63) is 36.0 Å². The van der Waals surface area contributed by atoms with Crippen LogP contribution in [-0.4, -0.2) is 72.7 Å². The molecular weight excluding hydrogens is 484 g/mol. The van der Waals surface area contributed by atoms with Gasteiger partial charge in [0.15, 0.2) is 11.7 Å². The second-order valence-corrected chi connectivity index (χ2v) is 10.2. The second-order valence-electron chi connectivity index (χ2n) is 10.2. The lowest BCUT2D eigenvalue weighted by molar-refractivity contribution is -0.214. The van der Waals surface area contributed by atoms with E-state index in [0.29, 0.717) is 24.0 Å². The SMILES string of the molecule is C=C1CC[C@H](OC(C)=O)[C@]2(C)[C@@H](OC(C)=O)C=CC(COC)=C[C@@H]3OC(=O)[C@H](C)[C@@]3(O)[C@@H](OC(C)=O)[C@@H]12. The Hall–Kier alpha value is -2.98. The standard InChI is InChI=1S/C27H36O10/c1-14-8-10-20(34-16(3)28)26(6)21(35-17(4)29)11-9-19(13-33-7)12-22-27(32,15(2)25(31)37-22)24(23(14)26)36-18(5)30/h9,11-12,15,20-24,32H,1,8,10,13H2,2-7H3/t15-,20-,21-,22-,23+,24-,26+,27-/m0/s1. The third kappa shape index (κ3) is 5.22. The number of hydrogen-bond acceptors (Lipinski definition) is 10. The summed E-state index contributed by atoms with van der Waals surface area (Å²) in [5.74, 6) is -4.50. The maximum atomic E-state index is 12.8. The summed E-state index contributed by atoms with van der Waals surface area (Å²) in [6.07, 6.45) is 1.22. The van der Waals surface area contributed by atoms with E-state index in [2.05, 4.69) is 6.58 Å². The van der Waals surface area contributed by atoms with E-state index in [-0.39, 0.29) is 6.61 Å². The lowest BCUT2D eigenvalue weighted by Crippen LogP contribution is -2.65. The molecule has 10 nitrogen and oxygen atoms in total. The normalized spacial score (nSPS) is 37.4. The Morgan fingerprint density at radius 3 is 2.32 bits per heavy atom. The monoisotopic (exact) mass is 520 g/mol. The number of carbonyl (C=O) groups is 4. The van der Waals surface area contributed by atoms with Crippen molar-refractivity contribution < 1.29 is 48.0 Å². The van der Waals surface area contributed by atoms with E-state index in [9.17, 15) is 24.3 Å². The highest BCUT2D eigenvalue weighted by atomic mass is 16.6. The van der Waals surface area contributed by atoms with Gasteiger partial charge < -0.3 is 28.8 Å². The number of aliphatic hydroxyl groups is 1. The predicted molar refractivity (Wildman–Crippen MR) is 130 cm³/mol. The Morgan fingerprint density at radius 2 is 1.76 bits per heavy atom. The van der Waals surface area contributed by atoms with Crippen LogP contribution in [0.1, 0.15) is 47.5 Å². The molecule has 0 amide bonds. The lowest BCUT2D eigenvalue weighted by Gasteiger charge is -2.54. The zero-order chi connectivity index (χ0) is 27.7. The molecule has 2 aliphatic carbocycles. The van der Waals surface area contributed by atoms with Crippen molar-refractivity contribution in [2.75, 3.05) is 13.7 Å². The van der Waals surface area contributed by atoms with Crippen LogP contribution in [0.2, 0.25) is 0 Å². The molecule has 10 heteroatoms. The van der Waals surface area contributed by atoms with Crippen LogP contribution in [0.15, 0.2) is 36.0 Å². The van der Waals surface area contributed by atoms with Crippen molar-refractivity contribution in [2.45, 2.75) is 77.5 Å². The van der Waals surface area contributed by atoms with Crippen molar-refractivity contribution >= 4 is 23.9 Å². The minimum absolute atomic E-state index is 0.0836. The average Bonchev–Trinajstić information content (AvgIpc) is 3.00. The van der Waals surface area contributed by atoms with Crippen LogP contribution < -0.4 is 0 Å². The molecule has 1 heterocycles. The molecule has 1 N–H and O–H groups in total. The maximum Gasteiger partial charge on any atom is 0.312 e. The van der Waals surface area contributed by atoms with E-state index in [4.69, 9.17) is 23.7 Å². The van der Waals surface area contributed by atoms with E-state index >= 15 is 0 Å². The van der Waals surface area contributed by atoms with Gasteiger partial charge in [-0.15, -0.1) is 0 Å². The Bertz CT molecular complexity index is 1030. The van der Waals surface area contributed by atoms with E-state index in [1.165, 1.54) is 34.8 Å². The molecule has 1 saturated heterocycles. The molecule has 3 aliphatic rings. The number of ether oxygens (including phenoxy) is 5. The molecule has 0 spiro atoms. The summed E-state index contributed by atoms with van der Waals surface area (Å²) in [6.45, 7) is 11.3. The van der Waals surface area contributed by atoms with Gasteiger partial charge in [0.05, 0.1) is 17.9 Å². The molecular formula is C27H36O10. The molecule has 8 atom stereocenters. The summed E-state index contributed by atoms with van der Waals surface area (Å²) >= 11 is 0. The number of rotatable bonds is 5. The average molecular weight is 521 g/mol. The number of methoxy groups -OCH3 is 1. The third-order valence-corrected chi connectivity index (χ3v) is 7.70. The number of carbonyl (C=O) groups excluding carboxylic acids is 4. The fourth-order valence-corrected chi connectivity index (χ4v) is 5.93. The summed E-state index contributed by atoms with van der Waals surface area (Å²) in [6, 6.07) is 0. The Labute approximate surface area is 216 Å². The van der Waals surface area contributed by atoms with Crippen molar-refractivity contribution in [3.63, 3.8) is 0 Å². The van der Waals surface area contributed by atoms with Gasteiger partial charge in [0.1, 0.15) is 18.3 Å². The minimum atomic E-state index is -2.03. The van der Waals surface area contributed by atoms with Crippen LogP contribution in [0.3, 0.4) is 0 Å². The molecule has 1 aliphatic heterocycles. The smallest absolute Gasteiger partial charge is 0.312 e. The molecule has 204 valence electrons. The van der Waals surface area contributed by atoms with Crippen LogP contribution in [-0.2, 0) is 42.9 Å². The summed E-state index contributed by atoms with van der Waals surface area (Å²) in [4.78, 5) is 49.7. The minimum Gasteiger partial charge on any atom is -0.462 e. The van der Waals surface area contributed by atoms with Gasteiger partial charge >= 0.3 is 23.9 Å². The van der Waals surface area contributed by atoms with Crippen molar-refractivity contribution in [1.29, 1.82) is 0 Å². The van der Waals surface area contributed by atoms with Gasteiger partial charge in [-0.3, -0.25) is 19.2 Å². The van der Waals surface area contributed by atoms with Crippen LogP contribution in [0.25, 0.3) is 0 Å². The number of fused-ring (bicyclic) bond motifs is 2. The molecule has 3 rings (SSSR count). The van der Waals surface area contributed by atoms with Crippen molar-refractivity contribution in [2.24, 2.45) is 17.3 Å². The molecule has 0 unspecified atom stereocenters. The first-order valence-corrected chi connectivity index (χ1v) is 12.3. The molecule has 0 aromatic heterocycles. The Morgan fingerprint density at radius 1 is 1.14 bits per heavy atom. The fraction of sp³-hybridized carbons (Fsp3) is 0.630. The topological polar surface area (TPSA) is 135 Å². The first-order valence-electron chi connectivity index (χ1n) is 12.3. The maximum absolute atomic E-state index is 12.8. The quantitative estimate of drug-likeness (QED) is 0.326. The number of esters is 4. The van der Waals surface area contributed by atoms with Gasteiger partial charge in [-0.25, -0.2) is 0 Å². The Balaban J connectivity index is 2.39. The highest BCUT2D eigenvalue weighted by Gasteiger charge is 2.67. The van der Waals surface area contributed by atoms with Crippen LogP contribution in [0.5, 0.6) is 0 Å². The fourth-order valence-electron chi connectivity index (χ4n) is 5.93. The first kappa shape index (κ1) is 28.6. The highest BCUT2D eigenvalue weighted by Crippen LogP contribution is 2.55. The summed E-state index contributed by atoms with van der Waals surface area (Å²) in [5, 5.41) is 12.3. The highest BCUT2D eigenvalue weighted by molar-refractivity contribution is 5.78. The molecule has 0 radical (unpaired) electrons. The molecule has 0 aromatic carbocycles. The number of hydrogen-bond donors (Lipinski definition) is 1. The predicted octanol–water partition coefficient (Wildman–Crippen LogP) is 2.19. The summed E-state index contributed by atoms with van der Waals surface area (Å²) in [7, 11) is 1.48. The van der Waals surface area contributed by atoms with Gasteiger partial charge in [-0.2, -0.15) is 0 Å².